The summed E-state index contributed by atoms with van der Waals surface area (Å²) in [6, 6.07) is 3.28. The van der Waals surface area contributed by atoms with Crippen LogP contribution in [0.25, 0.3) is 16.8 Å². The molecule has 0 spiro atoms. The van der Waals surface area contributed by atoms with Gasteiger partial charge in [0, 0.05) is 23.5 Å². The van der Waals surface area contributed by atoms with Crippen molar-refractivity contribution in [1.29, 1.82) is 0 Å². The number of benzene rings is 1. The average Bonchev–Trinajstić information content (AvgIpc) is 2.79. The zero-order chi connectivity index (χ0) is 15.9. The van der Waals surface area contributed by atoms with Crippen molar-refractivity contribution in [3.05, 3.63) is 34.6 Å². The number of nitrogen functional groups attached to an aromatic ring is 3. The highest BCUT2D eigenvalue weighted by molar-refractivity contribution is 6.39. The zero-order valence-corrected chi connectivity index (χ0v) is 12.5. The van der Waals surface area contributed by atoms with Gasteiger partial charge in [-0.3, -0.25) is 0 Å². The number of aromatic nitrogens is 5. The van der Waals surface area contributed by atoms with E-state index in [1.165, 1.54) is 17.1 Å². The van der Waals surface area contributed by atoms with E-state index in [1.54, 1.807) is 12.1 Å². The topological polar surface area (TPSA) is 135 Å². The van der Waals surface area contributed by atoms with E-state index in [4.69, 9.17) is 40.4 Å². The molecule has 0 amide bonds. The summed E-state index contributed by atoms with van der Waals surface area (Å²) in [6.45, 7) is 0. The van der Waals surface area contributed by atoms with Crippen LogP contribution >= 0.6 is 23.2 Å². The molecule has 2 heterocycles. The van der Waals surface area contributed by atoms with Gasteiger partial charge in [-0.2, -0.15) is 9.67 Å². The lowest BCUT2D eigenvalue weighted by Crippen LogP contribution is -2.03. The van der Waals surface area contributed by atoms with E-state index >= 15 is 0 Å². The molecule has 0 bridgehead atoms. The molecule has 0 fully saturated rings. The normalized spacial score (nSPS) is 10.8. The molecule has 112 valence electrons. The molecular formula is C12H10Cl2N8. The highest BCUT2D eigenvalue weighted by Gasteiger charge is 2.14. The summed E-state index contributed by atoms with van der Waals surface area (Å²) in [5, 5.41) is 4.73. The number of hydrogen-bond donors (Lipinski definition) is 3. The number of nitrogens with zero attached hydrogens (tertiary/aromatic N) is 5. The monoisotopic (exact) mass is 336 g/mol. The minimum Gasteiger partial charge on any atom is -0.368 e. The van der Waals surface area contributed by atoms with Crippen LogP contribution in [0.4, 0.5) is 17.8 Å². The van der Waals surface area contributed by atoms with Gasteiger partial charge in [0.25, 0.3) is 0 Å². The third-order valence-corrected chi connectivity index (χ3v) is 3.48. The van der Waals surface area contributed by atoms with Crippen LogP contribution in [0.3, 0.4) is 0 Å². The first-order valence-electron chi connectivity index (χ1n) is 6.01. The van der Waals surface area contributed by atoms with Gasteiger partial charge in [0.15, 0.2) is 0 Å². The number of nitrogens with two attached hydrogens (primary N) is 3. The second kappa shape index (κ2) is 5.32. The predicted molar refractivity (Wildman–Crippen MR) is 85.6 cm³/mol. The van der Waals surface area contributed by atoms with E-state index in [2.05, 4.69) is 20.1 Å². The summed E-state index contributed by atoms with van der Waals surface area (Å²) in [5.74, 6) is 0.354. The van der Waals surface area contributed by atoms with Crippen molar-refractivity contribution in [2.45, 2.75) is 0 Å². The van der Waals surface area contributed by atoms with Crippen LogP contribution in [0.15, 0.2) is 24.5 Å². The van der Waals surface area contributed by atoms with E-state index in [0.29, 0.717) is 26.9 Å². The maximum Gasteiger partial charge on any atom is 0.241 e. The van der Waals surface area contributed by atoms with Gasteiger partial charge in [-0.15, -0.1) is 5.10 Å². The summed E-state index contributed by atoms with van der Waals surface area (Å²) in [4.78, 5) is 11.7. The van der Waals surface area contributed by atoms with Crippen LogP contribution in [0.2, 0.25) is 10.0 Å². The molecule has 6 N–H and O–H groups in total. The largest absolute Gasteiger partial charge is 0.368 e. The molecule has 3 aromatic rings. The summed E-state index contributed by atoms with van der Waals surface area (Å²) in [6.07, 6.45) is 3.08. The van der Waals surface area contributed by atoms with Gasteiger partial charge in [-0.1, -0.05) is 23.2 Å². The fourth-order valence-corrected chi connectivity index (χ4v) is 2.65. The summed E-state index contributed by atoms with van der Waals surface area (Å²) in [5.41, 5.74) is 18.5. The second-order valence-electron chi connectivity index (χ2n) is 4.35. The standard InChI is InChI=1S/C12H10Cl2N8/c13-7-1-6(22-12(17)20-11(16)21-22)2-8(14)9(7)5-3-18-10(15)19-4-5/h1-4H,(H2,15,18,19)(H4,16,17,20,21). The highest BCUT2D eigenvalue weighted by atomic mass is 35.5. The number of rotatable bonds is 2. The maximum atomic E-state index is 6.31. The van der Waals surface area contributed by atoms with Gasteiger partial charge in [0.2, 0.25) is 17.8 Å². The lowest BCUT2D eigenvalue weighted by atomic mass is 10.1. The first-order chi connectivity index (χ1) is 10.5. The lowest BCUT2D eigenvalue weighted by molar-refractivity contribution is 0.896. The minimum absolute atomic E-state index is 0.0563. The quantitative estimate of drug-likeness (QED) is 0.648. The summed E-state index contributed by atoms with van der Waals surface area (Å²) < 4.78 is 1.34. The average molecular weight is 337 g/mol. The van der Waals surface area contributed by atoms with Crippen molar-refractivity contribution in [1.82, 2.24) is 24.7 Å². The molecule has 8 nitrogen and oxygen atoms in total. The molecule has 10 heteroatoms. The van der Waals surface area contributed by atoms with Gasteiger partial charge in [0.05, 0.1) is 15.7 Å². The first-order valence-corrected chi connectivity index (χ1v) is 6.76. The number of halogens is 2. The molecule has 2 aromatic heterocycles. The van der Waals surface area contributed by atoms with Crippen LogP contribution in [0.5, 0.6) is 0 Å². The van der Waals surface area contributed by atoms with Crippen LogP contribution < -0.4 is 17.2 Å². The smallest absolute Gasteiger partial charge is 0.241 e. The minimum atomic E-state index is 0.0563. The van der Waals surface area contributed by atoms with Gasteiger partial charge in [-0.05, 0) is 12.1 Å². The maximum absolute atomic E-state index is 6.31. The lowest BCUT2D eigenvalue weighted by Gasteiger charge is -2.10. The third kappa shape index (κ3) is 2.49. The van der Waals surface area contributed by atoms with Crippen molar-refractivity contribution in [3.8, 4) is 16.8 Å². The fourth-order valence-electron chi connectivity index (χ4n) is 1.96. The molecule has 22 heavy (non-hydrogen) atoms. The molecule has 0 saturated heterocycles. The van der Waals surface area contributed by atoms with E-state index < -0.39 is 0 Å². The Labute approximate surface area is 134 Å². The van der Waals surface area contributed by atoms with E-state index in [0.717, 1.165) is 0 Å². The molecule has 0 atom stereocenters. The van der Waals surface area contributed by atoms with Crippen LogP contribution in [0.1, 0.15) is 0 Å². The van der Waals surface area contributed by atoms with Crippen LogP contribution in [-0.4, -0.2) is 24.7 Å². The molecule has 0 aliphatic rings. The third-order valence-electron chi connectivity index (χ3n) is 2.88. The predicted octanol–water partition coefficient (Wildman–Crippen LogP) is 1.78. The summed E-state index contributed by atoms with van der Waals surface area (Å²) >= 11 is 12.6. The Morgan fingerprint density at radius 1 is 0.909 bits per heavy atom. The van der Waals surface area contributed by atoms with Gasteiger partial charge >= 0.3 is 0 Å². The van der Waals surface area contributed by atoms with E-state index in [-0.39, 0.29) is 17.8 Å². The van der Waals surface area contributed by atoms with Crippen molar-refractivity contribution < 1.29 is 0 Å². The van der Waals surface area contributed by atoms with Gasteiger partial charge < -0.3 is 17.2 Å². The molecule has 0 unspecified atom stereocenters. The molecule has 0 aliphatic heterocycles. The van der Waals surface area contributed by atoms with Gasteiger partial charge in [0.1, 0.15) is 0 Å². The van der Waals surface area contributed by atoms with E-state index in [9.17, 15) is 0 Å². The Bertz CT molecular complexity index is 820. The SMILES string of the molecule is Nc1ncc(-c2c(Cl)cc(-n3nc(N)nc3N)cc2Cl)cn1. The highest BCUT2D eigenvalue weighted by Crippen LogP contribution is 2.36. The Kier molecular flexibility index (Phi) is 3.47. The Hall–Kier alpha value is -2.58. The molecule has 0 saturated carbocycles. The van der Waals surface area contributed by atoms with Crippen molar-refractivity contribution in [2.24, 2.45) is 0 Å². The van der Waals surface area contributed by atoms with E-state index in [1.807, 2.05) is 0 Å². The number of hydrogen-bond acceptors (Lipinski definition) is 7. The Morgan fingerprint density at radius 2 is 1.50 bits per heavy atom. The molecule has 0 aliphatic carbocycles. The number of anilines is 3. The van der Waals surface area contributed by atoms with Crippen LogP contribution in [0, 0.1) is 0 Å². The van der Waals surface area contributed by atoms with Crippen molar-refractivity contribution >= 4 is 41.0 Å². The second-order valence-corrected chi connectivity index (χ2v) is 5.17. The first kappa shape index (κ1) is 14.4. The molecular weight excluding hydrogens is 327 g/mol. The zero-order valence-electron chi connectivity index (χ0n) is 11.0. The molecule has 1 aromatic carbocycles. The molecule has 0 radical (unpaired) electrons. The van der Waals surface area contributed by atoms with Crippen molar-refractivity contribution in [2.75, 3.05) is 17.2 Å². The fraction of sp³-hybridized carbons (Fsp3) is 0. The molecule has 3 rings (SSSR count). The summed E-state index contributed by atoms with van der Waals surface area (Å²) in [7, 11) is 0. The Balaban J connectivity index is 2.12. The van der Waals surface area contributed by atoms with Gasteiger partial charge in [-0.25, -0.2) is 9.97 Å². The van der Waals surface area contributed by atoms with Crippen LogP contribution in [-0.2, 0) is 0 Å². The van der Waals surface area contributed by atoms with Crippen molar-refractivity contribution in [3.63, 3.8) is 0 Å². The Morgan fingerprint density at radius 3 is 2.00 bits per heavy atom.